The molecule has 1 aromatic heterocycles. The maximum Gasteiger partial charge on any atom is 0.0767 e. The molecule has 1 N–H and O–H groups in total. The molecule has 0 spiro atoms. The lowest BCUT2D eigenvalue weighted by Crippen LogP contribution is -2.44. The molecule has 1 saturated heterocycles. The molecule has 2 heterocycles. The van der Waals surface area contributed by atoms with Gasteiger partial charge in [-0.05, 0) is 28.3 Å². The summed E-state index contributed by atoms with van der Waals surface area (Å²) in [5.74, 6) is 1.99. The van der Waals surface area contributed by atoms with Gasteiger partial charge in [-0.15, -0.1) is 0 Å². The van der Waals surface area contributed by atoms with Crippen LogP contribution in [0, 0.1) is 5.92 Å². The van der Waals surface area contributed by atoms with Crippen LogP contribution in [0.25, 0.3) is 0 Å². The largest absolute Gasteiger partial charge is 0.316 e. The van der Waals surface area contributed by atoms with Crippen LogP contribution in [0.2, 0.25) is 0 Å². The Morgan fingerprint density at radius 2 is 2.29 bits per heavy atom. The van der Waals surface area contributed by atoms with E-state index in [4.69, 9.17) is 0 Å². The Balaban J connectivity index is 2.01. The molecule has 0 bridgehead atoms. The van der Waals surface area contributed by atoms with Crippen molar-refractivity contribution in [2.75, 3.05) is 18.8 Å². The number of halogens is 1. The molecule has 96 valence electrons. The Kier molecular flexibility index (Phi) is 4.38. The van der Waals surface area contributed by atoms with Crippen LogP contribution in [-0.4, -0.2) is 32.8 Å². The summed E-state index contributed by atoms with van der Waals surface area (Å²) in [6.45, 7) is 4.10. The molecule has 2 rings (SSSR count). The number of nitrogens with zero attached hydrogens (tertiary/aromatic N) is 2. The van der Waals surface area contributed by atoms with Crippen LogP contribution >= 0.6 is 15.9 Å². The van der Waals surface area contributed by atoms with Crippen LogP contribution in [0.1, 0.15) is 18.3 Å². The van der Waals surface area contributed by atoms with Gasteiger partial charge >= 0.3 is 0 Å². The predicted octanol–water partition coefficient (Wildman–Crippen LogP) is 1.21. The van der Waals surface area contributed by atoms with Crippen molar-refractivity contribution in [3.05, 3.63) is 15.9 Å². The van der Waals surface area contributed by atoms with E-state index in [2.05, 4.69) is 33.3 Å². The van der Waals surface area contributed by atoms with Gasteiger partial charge in [0.2, 0.25) is 0 Å². The molecule has 0 radical (unpaired) electrons. The Morgan fingerprint density at radius 1 is 1.59 bits per heavy atom. The molecule has 17 heavy (non-hydrogen) atoms. The van der Waals surface area contributed by atoms with Gasteiger partial charge in [-0.2, -0.15) is 5.10 Å². The van der Waals surface area contributed by atoms with E-state index in [1.807, 2.05) is 11.7 Å². The first-order chi connectivity index (χ1) is 8.11. The Morgan fingerprint density at radius 3 is 2.76 bits per heavy atom. The number of nitrogens with one attached hydrogen (secondary N) is 1. The first kappa shape index (κ1) is 13.2. The first-order valence-corrected chi connectivity index (χ1v) is 8.15. The van der Waals surface area contributed by atoms with Crippen molar-refractivity contribution in [2.24, 2.45) is 13.0 Å². The van der Waals surface area contributed by atoms with Crippen molar-refractivity contribution in [1.82, 2.24) is 15.1 Å². The van der Waals surface area contributed by atoms with Gasteiger partial charge in [-0.3, -0.25) is 8.89 Å². The number of rotatable bonds is 5. The number of aromatic nitrogens is 2. The average molecular weight is 320 g/mol. The predicted molar refractivity (Wildman–Crippen MR) is 73.4 cm³/mol. The fourth-order valence-electron chi connectivity index (χ4n) is 1.92. The molecule has 0 aliphatic carbocycles. The summed E-state index contributed by atoms with van der Waals surface area (Å²) in [5, 5.41) is 7.62. The van der Waals surface area contributed by atoms with E-state index in [9.17, 15) is 4.21 Å². The van der Waals surface area contributed by atoms with Gasteiger partial charge in [0, 0.05) is 36.7 Å². The van der Waals surface area contributed by atoms with Crippen molar-refractivity contribution >= 4 is 26.7 Å². The molecule has 0 saturated carbocycles. The van der Waals surface area contributed by atoms with E-state index in [1.165, 1.54) is 0 Å². The van der Waals surface area contributed by atoms with Gasteiger partial charge in [-0.1, -0.05) is 6.92 Å². The number of aryl methyl sites for hydroxylation is 2. The van der Waals surface area contributed by atoms with Crippen LogP contribution in [0.4, 0.5) is 0 Å². The van der Waals surface area contributed by atoms with Crippen LogP contribution in [0.5, 0.6) is 0 Å². The molecule has 1 aliphatic rings. The van der Waals surface area contributed by atoms with Gasteiger partial charge in [-0.25, -0.2) is 0 Å². The van der Waals surface area contributed by atoms with Gasteiger partial charge in [0.15, 0.2) is 0 Å². The SMILES string of the molecule is CCc1nn(C)c(CS(=O)CC2CNC2)c1Br. The maximum atomic E-state index is 12.0. The maximum absolute atomic E-state index is 12.0. The van der Waals surface area contributed by atoms with Crippen LogP contribution < -0.4 is 5.32 Å². The van der Waals surface area contributed by atoms with Crippen molar-refractivity contribution < 1.29 is 4.21 Å². The molecule has 1 unspecified atom stereocenters. The number of hydrogen-bond donors (Lipinski definition) is 1. The molecular weight excluding hydrogens is 302 g/mol. The third-order valence-corrected chi connectivity index (χ3v) is 5.44. The Hall–Kier alpha value is -0.200. The molecule has 1 aromatic rings. The minimum Gasteiger partial charge on any atom is -0.316 e. The zero-order valence-corrected chi connectivity index (χ0v) is 12.6. The second-order valence-electron chi connectivity index (χ2n) is 4.46. The Bertz CT molecular complexity index is 429. The lowest BCUT2D eigenvalue weighted by Gasteiger charge is -2.26. The molecule has 6 heteroatoms. The van der Waals surface area contributed by atoms with Crippen molar-refractivity contribution in [1.29, 1.82) is 0 Å². The van der Waals surface area contributed by atoms with Crippen LogP contribution in [0.15, 0.2) is 4.47 Å². The third kappa shape index (κ3) is 2.98. The molecule has 1 fully saturated rings. The Labute approximate surface area is 113 Å². The van der Waals surface area contributed by atoms with E-state index >= 15 is 0 Å². The zero-order valence-electron chi connectivity index (χ0n) is 10.2. The van der Waals surface area contributed by atoms with E-state index in [-0.39, 0.29) is 0 Å². The summed E-state index contributed by atoms with van der Waals surface area (Å²) < 4.78 is 14.9. The smallest absolute Gasteiger partial charge is 0.0767 e. The second kappa shape index (κ2) is 5.63. The highest BCUT2D eigenvalue weighted by atomic mass is 79.9. The minimum atomic E-state index is -0.790. The standard InChI is InChI=1S/C11H18BrN3OS/c1-3-9-11(12)10(15(2)14-9)7-17(16)6-8-4-13-5-8/h8,13H,3-7H2,1-2H3. The second-order valence-corrected chi connectivity index (χ2v) is 6.75. The van der Waals surface area contributed by atoms with Gasteiger partial charge in [0.25, 0.3) is 0 Å². The third-order valence-electron chi connectivity index (χ3n) is 3.09. The topological polar surface area (TPSA) is 46.9 Å². The van der Waals surface area contributed by atoms with E-state index in [1.54, 1.807) is 0 Å². The summed E-state index contributed by atoms with van der Waals surface area (Å²) in [6.07, 6.45) is 0.896. The summed E-state index contributed by atoms with van der Waals surface area (Å²) in [7, 11) is 1.13. The normalized spacial score (nSPS) is 18.1. The summed E-state index contributed by atoms with van der Waals surface area (Å²) in [5.41, 5.74) is 2.09. The highest BCUT2D eigenvalue weighted by Gasteiger charge is 2.21. The fourth-order valence-corrected chi connectivity index (χ4v) is 4.37. The van der Waals surface area contributed by atoms with E-state index in [0.29, 0.717) is 11.7 Å². The molecule has 0 aromatic carbocycles. The van der Waals surface area contributed by atoms with Crippen LogP contribution in [0.3, 0.4) is 0 Å². The quantitative estimate of drug-likeness (QED) is 0.887. The highest BCUT2D eigenvalue weighted by Crippen LogP contribution is 2.23. The molecule has 0 amide bonds. The lowest BCUT2D eigenvalue weighted by molar-refractivity contribution is 0.382. The molecule has 1 atom stereocenters. The first-order valence-electron chi connectivity index (χ1n) is 5.87. The van der Waals surface area contributed by atoms with Gasteiger partial charge < -0.3 is 5.32 Å². The van der Waals surface area contributed by atoms with Crippen molar-refractivity contribution in [3.63, 3.8) is 0 Å². The highest BCUT2D eigenvalue weighted by molar-refractivity contribution is 9.10. The van der Waals surface area contributed by atoms with Crippen molar-refractivity contribution in [3.8, 4) is 0 Å². The minimum absolute atomic E-state index is 0.591. The zero-order chi connectivity index (χ0) is 12.4. The molecule has 4 nitrogen and oxygen atoms in total. The summed E-state index contributed by atoms with van der Waals surface area (Å²) in [6, 6.07) is 0. The van der Waals surface area contributed by atoms with Gasteiger partial charge in [0.1, 0.15) is 0 Å². The fraction of sp³-hybridized carbons (Fsp3) is 0.727. The monoisotopic (exact) mass is 319 g/mol. The van der Waals surface area contributed by atoms with Crippen LogP contribution in [-0.2, 0) is 30.0 Å². The average Bonchev–Trinajstić information content (AvgIpc) is 2.51. The van der Waals surface area contributed by atoms with E-state index in [0.717, 1.165) is 41.1 Å². The summed E-state index contributed by atoms with van der Waals surface area (Å²) in [4.78, 5) is 0. The number of hydrogen-bond acceptors (Lipinski definition) is 3. The van der Waals surface area contributed by atoms with Gasteiger partial charge in [0.05, 0.1) is 21.6 Å². The summed E-state index contributed by atoms with van der Waals surface area (Å²) >= 11 is 3.56. The van der Waals surface area contributed by atoms with Crippen molar-refractivity contribution in [2.45, 2.75) is 19.1 Å². The molecule has 1 aliphatic heterocycles. The molecular formula is C11H18BrN3OS. The lowest BCUT2D eigenvalue weighted by atomic mass is 10.1. The van der Waals surface area contributed by atoms with E-state index < -0.39 is 10.8 Å².